The van der Waals surface area contributed by atoms with Crippen LogP contribution in [0.1, 0.15) is 32.7 Å². The number of amides is 1. The summed E-state index contributed by atoms with van der Waals surface area (Å²) >= 11 is 0. The van der Waals surface area contributed by atoms with Crippen LogP contribution in [0, 0.1) is 27.7 Å². The maximum Gasteiger partial charge on any atom is 0.297 e. The van der Waals surface area contributed by atoms with E-state index in [1.807, 2.05) is 52.0 Å². The molecule has 0 fully saturated rings. The zero-order chi connectivity index (χ0) is 18.8. The Morgan fingerprint density at radius 1 is 0.846 bits per heavy atom. The number of anilines is 1. The Morgan fingerprint density at radius 2 is 1.46 bits per heavy atom. The van der Waals surface area contributed by atoms with Crippen molar-refractivity contribution in [1.82, 2.24) is 9.78 Å². The number of carbonyl (C=O) groups excluding carboxylic acids is 2. The molecule has 0 bridgehead atoms. The first-order valence-corrected chi connectivity index (χ1v) is 8.41. The third-order valence-electron chi connectivity index (χ3n) is 4.04. The van der Waals surface area contributed by atoms with E-state index in [0.29, 0.717) is 11.4 Å². The molecule has 0 aliphatic rings. The van der Waals surface area contributed by atoms with Crippen molar-refractivity contribution >= 4 is 17.5 Å². The lowest BCUT2D eigenvalue weighted by molar-refractivity contribution is -0.112. The molecule has 0 saturated heterocycles. The van der Waals surface area contributed by atoms with Gasteiger partial charge in [0.1, 0.15) is 5.82 Å². The van der Waals surface area contributed by atoms with Gasteiger partial charge in [-0.25, -0.2) is 4.68 Å². The standard InChI is InChI=1S/C21H21N3O2/c1-13-5-7-17(8-6-13)20(25)21(26)22-19-12-16(4)23-24(19)18-10-14(2)9-15(3)11-18/h5-12H,1-4H3,(H,22,26). The van der Waals surface area contributed by atoms with Crippen molar-refractivity contribution in [3.63, 3.8) is 0 Å². The molecule has 3 rings (SSSR count). The van der Waals surface area contributed by atoms with Gasteiger partial charge in [0.2, 0.25) is 0 Å². The summed E-state index contributed by atoms with van der Waals surface area (Å²) in [7, 11) is 0. The molecule has 0 radical (unpaired) electrons. The van der Waals surface area contributed by atoms with Gasteiger partial charge >= 0.3 is 0 Å². The average molecular weight is 347 g/mol. The molecule has 0 atom stereocenters. The quantitative estimate of drug-likeness (QED) is 0.574. The van der Waals surface area contributed by atoms with Gasteiger partial charge in [-0.2, -0.15) is 5.10 Å². The van der Waals surface area contributed by atoms with Crippen LogP contribution in [0.4, 0.5) is 5.82 Å². The fraction of sp³-hybridized carbons (Fsp3) is 0.190. The number of aromatic nitrogens is 2. The highest BCUT2D eigenvalue weighted by Gasteiger charge is 2.19. The van der Waals surface area contributed by atoms with E-state index >= 15 is 0 Å². The van der Waals surface area contributed by atoms with Crippen LogP contribution in [0.2, 0.25) is 0 Å². The summed E-state index contributed by atoms with van der Waals surface area (Å²) in [5.74, 6) is -0.784. The predicted molar refractivity (Wildman–Crippen MR) is 102 cm³/mol. The number of ketones is 1. The minimum absolute atomic E-state index is 0.363. The largest absolute Gasteiger partial charge is 0.304 e. The predicted octanol–water partition coefficient (Wildman–Crippen LogP) is 3.93. The Bertz CT molecular complexity index is 965. The van der Waals surface area contributed by atoms with E-state index in [4.69, 9.17) is 0 Å². The second-order valence-corrected chi connectivity index (χ2v) is 6.58. The van der Waals surface area contributed by atoms with Crippen molar-refractivity contribution in [1.29, 1.82) is 0 Å². The Kier molecular flexibility index (Phi) is 4.71. The van der Waals surface area contributed by atoms with E-state index in [9.17, 15) is 9.59 Å². The van der Waals surface area contributed by atoms with Gasteiger partial charge in [0.15, 0.2) is 0 Å². The third kappa shape index (κ3) is 3.72. The average Bonchev–Trinajstić information content (AvgIpc) is 2.94. The summed E-state index contributed by atoms with van der Waals surface area (Å²) in [6, 6.07) is 14.7. The Balaban J connectivity index is 1.89. The van der Waals surface area contributed by atoms with Gasteiger partial charge in [-0.3, -0.25) is 9.59 Å². The molecule has 0 aliphatic carbocycles. The van der Waals surface area contributed by atoms with Crippen molar-refractivity contribution in [3.8, 4) is 5.69 Å². The number of Topliss-reactive ketones (excluding diaryl/α,β-unsaturated/α-hetero) is 1. The van der Waals surface area contributed by atoms with Gasteiger partial charge in [-0.1, -0.05) is 35.9 Å². The van der Waals surface area contributed by atoms with Crippen LogP contribution in [-0.4, -0.2) is 21.5 Å². The number of hydrogen-bond donors (Lipinski definition) is 1. The number of rotatable bonds is 4. The monoisotopic (exact) mass is 347 g/mol. The van der Waals surface area contributed by atoms with Crippen LogP contribution < -0.4 is 5.32 Å². The molecule has 132 valence electrons. The van der Waals surface area contributed by atoms with E-state index < -0.39 is 11.7 Å². The molecule has 1 aromatic heterocycles. The number of benzene rings is 2. The molecule has 1 heterocycles. The molecular weight excluding hydrogens is 326 g/mol. The van der Waals surface area contributed by atoms with Crippen molar-refractivity contribution in [2.45, 2.75) is 27.7 Å². The van der Waals surface area contributed by atoms with Crippen molar-refractivity contribution in [2.24, 2.45) is 0 Å². The number of aryl methyl sites for hydroxylation is 4. The summed E-state index contributed by atoms with van der Waals surface area (Å²) in [4.78, 5) is 24.8. The highest BCUT2D eigenvalue weighted by Crippen LogP contribution is 2.20. The summed E-state index contributed by atoms with van der Waals surface area (Å²) in [5.41, 5.74) is 5.19. The molecule has 1 N–H and O–H groups in total. The second kappa shape index (κ2) is 6.96. The van der Waals surface area contributed by atoms with E-state index in [2.05, 4.69) is 16.5 Å². The second-order valence-electron chi connectivity index (χ2n) is 6.58. The molecule has 0 spiro atoms. The fourth-order valence-corrected chi connectivity index (χ4v) is 2.87. The van der Waals surface area contributed by atoms with Gasteiger partial charge in [0.25, 0.3) is 11.7 Å². The molecule has 5 heteroatoms. The molecule has 0 aliphatic heterocycles. The minimum atomic E-state index is -0.681. The first kappa shape index (κ1) is 17.6. The van der Waals surface area contributed by atoms with Crippen molar-refractivity contribution in [2.75, 3.05) is 5.32 Å². The van der Waals surface area contributed by atoms with Crippen LogP contribution in [-0.2, 0) is 4.79 Å². The van der Waals surface area contributed by atoms with Gasteiger partial charge in [-0.05, 0) is 51.0 Å². The highest BCUT2D eigenvalue weighted by molar-refractivity contribution is 6.46. The lowest BCUT2D eigenvalue weighted by Gasteiger charge is -2.10. The summed E-state index contributed by atoms with van der Waals surface area (Å²) < 4.78 is 1.65. The lowest BCUT2D eigenvalue weighted by atomic mass is 10.1. The van der Waals surface area contributed by atoms with E-state index in [-0.39, 0.29) is 0 Å². The van der Waals surface area contributed by atoms with Crippen LogP contribution in [0.15, 0.2) is 48.5 Å². The van der Waals surface area contributed by atoms with Crippen LogP contribution >= 0.6 is 0 Å². The molecule has 1 amide bonds. The van der Waals surface area contributed by atoms with Crippen LogP contribution in [0.5, 0.6) is 0 Å². The zero-order valence-corrected chi connectivity index (χ0v) is 15.3. The molecule has 3 aromatic rings. The number of carbonyl (C=O) groups is 2. The van der Waals surface area contributed by atoms with E-state index in [0.717, 1.165) is 28.1 Å². The molecule has 26 heavy (non-hydrogen) atoms. The van der Waals surface area contributed by atoms with Gasteiger partial charge in [-0.15, -0.1) is 0 Å². The van der Waals surface area contributed by atoms with Gasteiger partial charge in [0, 0.05) is 11.6 Å². The van der Waals surface area contributed by atoms with Crippen LogP contribution in [0.25, 0.3) is 5.69 Å². The lowest BCUT2D eigenvalue weighted by Crippen LogP contribution is -2.24. The fourth-order valence-electron chi connectivity index (χ4n) is 2.87. The first-order chi connectivity index (χ1) is 12.3. The normalized spacial score (nSPS) is 10.6. The third-order valence-corrected chi connectivity index (χ3v) is 4.04. The zero-order valence-electron chi connectivity index (χ0n) is 15.3. The van der Waals surface area contributed by atoms with Gasteiger partial charge < -0.3 is 5.32 Å². The Morgan fingerprint density at radius 3 is 2.08 bits per heavy atom. The maximum absolute atomic E-state index is 12.4. The van der Waals surface area contributed by atoms with Crippen molar-refractivity contribution < 1.29 is 9.59 Å². The van der Waals surface area contributed by atoms with E-state index in [1.165, 1.54) is 0 Å². The van der Waals surface area contributed by atoms with Crippen molar-refractivity contribution in [3.05, 3.63) is 76.5 Å². The summed E-state index contributed by atoms with van der Waals surface area (Å²) in [6.07, 6.45) is 0. The first-order valence-electron chi connectivity index (χ1n) is 8.41. The van der Waals surface area contributed by atoms with E-state index in [1.54, 1.807) is 22.9 Å². The molecule has 2 aromatic carbocycles. The topological polar surface area (TPSA) is 64.0 Å². The molecule has 0 unspecified atom stereocenters. The summed E-state index contributed by atoms with van der Waals surface area (Å²) in [6.45, 7) is 7.79. The number of hydrogen-bond acceptors (Lipinski definition) is 3. The number of nitrogens with zero attached hydrogens (tertiary/aromatic N) is 2. The molecule has 5 nitrogen and oxygen atoms in total. The van der Waals surface area contributed by atoms with Crippen LogP contribution in [0.3, 0.4) is 0 Å². The maximum atomic E-state index is 12.4. The molecular formula is C21H21N3O2. The highest BCUT2D eigenvalue weighted by atomic mass is 16.2. The Hall–Kier alpha value is -3.21. The van der Waals surface area contributed by atoms with Gasteiger partial charge in [0.05, 0.1) is 11.4 Å². The smallest absolute Gasteiger partial charge is 0.297 e. The SMILES string of the molecule is Cc1ccc(C(=O)C(=O)Nc2cc(C)nn2-c2cc(C)cc(C)c2)cc1. The number of nitrogens with one attached hydrogen (secondary N) is 1. The summed E-state index contributed by atoms with van der Waals surface area (Å²) in [5, 5.41) is 7.14. The minimum Gasteiger partial charge on any atom is -0.304 e. The Labute approximate surface area is 152 Å². The molecule has 0 saturated carbocycles.